The van der Waals surface area contributed by atoms with Crippen molar-refractivity contribution in [2.24, 2.45) is 0 Å². The summed E-state index contributed by atoms with van der Waals surface area (Å²) in [6.45, 7) is 5.13. The molecular weight excluding hydrogens is 194 g/mol. The predicted octanol–water partition coefficient (Wildman–Crippen LogP) is 3.92. The molecule has 0 aliphatic carbocycles. The van der Waals surface area contributed by atoms with Crippen LogP contribution in [0.1, 0.15) is 16.7 Å². The van der Waals surface area contributed by atoms with Crippen LogP contribution in [-0.4, -0.2) is 0 Å². The van der Waals surface area contributed by atoms with Gasteiger partial charge in [0.15, 0.2) is 0 Å². The van der Waals surface area contributed by atoms with Crippen LogP contribution in [-0.2, 0) is 6.54 Å². The molecule has 0 saturated heterocycles. The van der Waals surface area contributed by atoms with Crippen molar-refractivity contribution in [3.8, 4) is 0 Å². The van der Waals surface area contributed by atoms with Gasteiger partial charge in [0.25, 0.3) is 0 Å². The topological polar surface area (TPSA) is 12.0 Å². The normalized spacial score (nSPS) is 10.1. The molecule has 0 unspecified atom stereocenters. The van der Waals surface area contributed by atoms with Crippen LogP contribution < -0.4 is 5.32 Å². The lowest BCUT2D eigenvalue weighted by Crippen LogP contribution is -2.00. The molecule has 1 nitrogen and oxygen atoms in total. The zero-order valence-corrected chi connectivity index (χ0v) is 9.83. The minimum Gasteiger partial charge on any atom is -0.381 e. The first-order valence-electron chi connectivity index (χ1n) is 5.61. The van der Waals surface area contributed by atoms with Crippen molar-refractivity contribution in [1.29, 1.82) is 0 Å². The lowest BCUT2D eigenvalue weighted by Gasteiger charge is -2.09. The average Bonchev–Trinajstić information content (AvgIpc) is 2.28. The summed E-state index contributed by atoms with van der Waals surface area (Å²) >= 11 is 0. The van der Waals surface area contributed by atoms with Crippen LogP contribution in [0.25, 0.3) is 0 Å². The van der Waals surface area contributed by atoms with Gasteiger partial charge in [-0.05, 0) is 31.0 Å². The second-order valence-corrected chi connectivity index (χ2v) is 4.16. The maximum atomic E-state index is 3.46. The lowest BCUT2D eigenvalue weighted by molar-refractivity contribution is 1.13. The number of hydrogen-bond acceptors (Lipinski definition) is 1. The van der Waals surface area contributed by atoms with E-state index in [2.05, 4.69) is 67.7 Å². The van der Waals surface area contributed by atoms with Crippen LogP contribution in [0, 0.1) is 13.8 Å². The quantitative estimate of drug-likeness (QED) is 0.811. The molecule has 0 heterocycles. The molecule has 1 heteroatoms. The zero-order valence-electron chi connectivity index (χ0n) is 9.83. The Labute approximate surface area is 97.1 Å². The Morgan fingerprint density at radius 2 is 1.75 bits per heavy atom. The van der Waals surface area contributed by atoms with Crippen molar-refractivity contribution in [1.82, 2.24) is 0 Å². The largest absolute Gasteiger partial charge is 0.381 e. The Morgan fingerprint density at radius 1 is 0.938 bits per heavy atom. The van der Waals surface area contributed by atoms with Crippen LogP contribution in [0.4, 0.5) is 5.69 Å². The third-order valence-electron chi connectivity index (χ3n) is 2.71. The highest BCUT2D eigenvalue weighted by atomic mass is 14.9. The van der Waals surface area contributed by atoms with E-state index in [1.807, 2.05) is 0 Å². The molecule has 0 bridgehead atoms. The van der Waals surface area contributed by atoms with Crippen LogP contribution >= 0.6 is 0 Å². The van der Waals surface area contributed by atoms with E-state index in [0.29, 0.717) is 0 Å². The fraction of sp³-hybridized carbons (Fsp3) is 0.200. The Hall–Kier alpha value is -1.76. The standard InChI is InChI=1S/C15H17N/c1-12-6-5-8-14(10-12)11-16-15-9-4-3-7-13(15)2/h3-10,16H,11H2,1-2H3. The zero-order chi connectivity index (χ0) is 11.4. The summed E-state index contributed by atoms with van der Waals surface area (Å²) in [5.41, 5.74) is 5.13. The average molecular weight is 211 g/mol. The van der Waals surface area contributed by atoms with Crippen molar-refractivity contribution in [3.05, 3.63) is 65.2 Å². The highest BCUT2D eigenvalue weighted by Crippen LogP contribution is 2.14. The van der Waals surface area contributed by atoms with Crippen molar-refractivity contribution < 1.29 is 0 Å². The van der Waals surface area contributed by atoms with Gasteiger partial charge in [0.1, 0.15) is 0 Å². The molecule has 2 rings (SSSR count). The SMILES string of the molecule is Cc1cccc(CNc2ccccc2C)c1. The Balaban J connectivity index is 2.05. The smallest absolute Gasteiger partial charge is 0.0400 e. The molecule has 0 radical (unpaired) electrons. The second-order valence-electron chi connectivity index (χ2n) is 4.16. The molecular formula is C15H17N. The molecule has 16 heavy (non-hydrogen) atoms. The molecule has 0 spiro atoms. The molecule has 0 saturated carbocycles. The summed E-state index contributed by atoms with van der Waals surface area (Å²) in [6, 6.07) is 17.0. The lowest BCUT2D eigenvalue weighted by atomic mass is 10.1. The van der Waals surface area contributed by atoms with Gasteiger partial charge in [0.05, 0.1) is 0 Å². The fourth-order valence-corrected chi connectivity index (χ4v) is 1.79. The summed E-state index contributed by atoms with van der Waals surface area (Å²) in [5.74, 6) is 0. The van der Waals surface area contributed by atoms with E-state index in [4.69, 9.17) is 0 Å². The number of para-hydroxylation sites is 1. The molecule has 82 valence electrons. The molecule has 0 amide bonds. The van der Waals surface area contributed by atoms with E-state index in [1.165, 1.54) is 22.4 Å². The first kappa shape index (κ1) is 10.7. The van der Waals surface area contributed by atoms with Crippen molar-refractivity contribution in [3.63, 3.8) is 0 Å². The van der Waals surface area contributed by atoms with Gasteiger partial charge in [0.2, 0.25) is 0 Å². The summed E-state index contributed by atoms with van der Waals surface area (Å²) in [5, 5.41) is 3.46. The second kappa shape index (κ2) is 4.84. The third-order valence-corrected chi connectivity index (χ3v) is 2.71. The first-order chi connectivity index (χ1) is 7.75. The van der Waals surface area contributed by atoms with Crippen LogP contribution in [0.15, 0.2) is 48.5 Å². The first-order valence-corrected chi connectivity index (χ1v) is 5.61. The number of benzene rings is 2. The Bertz CT molecular complexity index is 474. The Kier molecular flexibility index (Phi) is 3.25. The van der Waals surface area contributed by atoms with Crippen molar-refractivity contribution >= 4 is 5.69 Å². The van der Waals surface area contributed by atoms with Gasteiger partial charge in [-0.15, -0.1) is 0 Å². The molecule has 0 aliphatic heterocycles. The summed E-state index contributed by atoms with van der Waals surface area (Å²) in [4.78, 5) is 0. The molecule has 0 aromatic heterocycles. The van der Waals surface area contributed by atoms with E-state index in [9.17, 15) is 0 Å². The van der Waals surface area contributed by atoms with Gasteiger partial charge in [-0.1, -0.05) is 48.0 Å². The highest BCUT2D eigenvalue weighted by Gasteiger charge is 1.96. The van der Waals surface area contributed by atoms with Crippen LogP contribution in [0.3, 0.4) is 0 Å². The van der Waals surface area contributed by atoms with Crippen molar-refractivity contribution in [2.45, 2.75) is 20.4 Å². The van der Waals surface area contributed by atoms with Crippen LogP contribution in [0.5, 0.6) is 0 Å². The third kappa shape index (κ3) is 2.63. The molecule has 0 aliphatic rings. The van der Waals surface area contributed by atoms with Gasteiger partial charge in [-0.3, -0.25) is 0 Å². The number of hydrogen-bond donors (Lipinski definition) is 1. The molecule has 0 fully saturated rings. The summed E-state index contributed by atoms with van der Waals surface area (Å²) in [7, 11) is 0. The van der Waals surface area contributed by atoms with E-state index >= 15 is 0 Å². The molecule has 0 atom stereocenters. The number of aryl methyl sites for hydroxylation is 2. The van der Waals surface area contributed by atoms with E-state index < -0.39 is 0 Å². The van der Waals surface area contributed by atoms with Gasteiger partial charge in [-0.25, -0.2) is 0 Å². The van der Waals surface area contributed by atoms with E-state index in [-0.39, 0.29) is 0 Å². The number of anilines is 1. The maximum absolute atomic E-state index is 3.46. The minimum atomic E-state index is 0.881. The molecule has 1 N–H and O–H groups in total. The number of rotatable bonds is 3. The Morgan fingerprint density at radius 3 is 2.50 bits per heavy atom. The molecule has 2 aromatic carbocycles. The monoisotopic (exact) mass is 211 g/mol. The molecule has 2 aromatic rings. The van der Waals surface area contributed by atoms with Gasteiger partial charge in [-0.2, -0.15) is 0 Å². The van der Waals surface area contributed by atoms with Gasteiger partial charge < -0.3 is 5.32 Å². The highest BCUT2D eigenvalue weighted by molar-refractivity contribution is 5.50. The van der Waals surface area contributed by atoms with Crippen LogP contribution in [0.2, 0.25) is 0 Å². The van der Waals surface area contributed by atoms with E-state index in [1.54, 1.807) is 0 Å². The number of nitrogens with one attached hydrogen (secondary N) is 1. The minimum absolute atomic E-state index is 0.881. The maximum Gasteiger partial charge on any atom is 0.0400 e. The van der Waals surface area contributed by atoms with Gasteiger partial charge in [0, 0.05) is 12.2 Å². The summed E-state index contributed by atoms with van der Waals surface area (Å²) < 4.78 is 0. The van der Waals surface area contributed by atoms with Gasteiger partial charge >= 0.3 is 0 Å². The van der Waals surface area contributed by atoms with E-state index in [0.717, 1.165) is 6.54 Å². The van der Waals surface area contributed by atoms with Crippen molar-refractivity contribution in [2.75, 3.05) is 5.32 Å². The predicted molar refractivity (Wildman–Crippen MR) is 69.7 cm³/mol. The summed E-state index contributed by atoms with van der Waals surface area (Å²) in [6.07, 6.45) is 0. The fourth-order valence-electron chi connectivity index (χ4n) is 1.79.